The number of guanidine groups is 1. The Morgan fingerprint density at radius 1 is 0.886 bits per heavy atom. The van der Waals surface area contributed by atoms with Crippen LogP contribution in [-0.4, -0.2) is 58.7 Å². The topological polar surface area (TPSA) is 198 Å². The summed E-state index contributed by atoms with van der Waals surface area (Å²) in [5, 5.41) is 19.0. The van der Waals surface area contributed by atoms with Gasteiger partial charge in [-0.05, 0) is 59.7 Å². The lowest BCUT2D eigenvalue weighted by Gasteiger charge is -2.20. The maximum absolute atomic E-state index is 12.7. The molecule has 230 valence electrons. The predicted molar refractivity (Wildman–Crippen MR) is 145 cm³/mol. The third-order valence-corrected chi connectivity index (χ3v) is 5.43. The zero-order valence-corrected chi connectivity index (χ0v) is 22.4. The maximum atomic E-state index is 12.7. The van der Waals surface area contributed by atoms with Gasteiger partial charge in [-0.1, -0.05) is 24.3 Å². The molecule has 16 heteroatoms. The number of ether oxygens (including phenoxy) is 3. The van der Waals surface area contributed by atoms with Crippen molar-refractivity contribution in [2.45, 2.75) is 19.3 Å². The van der Waals surface area contributed by atoms with E-state index in [0.29, 0.717) is 11.3 Å². The average molecular weight is 617 g/mol. The number of carbonyl (C=O) groups is 5. The van der Waals surface area contributed by atoms with Crippen molar-refractivity contribution >= 4 is 41.6 Å². The van der Waals surface area contributed by atoms with Crippen molar-refractivity contribution in [2.75, 3.05) is 11.9 Å². The Hall–Kier alpha value is -5.93. The van der Waals surface area contributed by atoms with Crippen molar-refractivity contribution in [3.63, 3.8) is 0 Å². The third kappa shape index (κ3) is 9.86. The van der Waals surface area contributed by atoms with Crippen molar-refractivity contribution in [3.8, 4) is 5.75 Å². The number of amides is 1. The van der Waals surface area contributed by atoms with E-state index in [0.717, 1.165) is 17.0 Å². The first-order valence-electron chi connectivity index (χ1n) is 12.3. The molecule has 44 heavy (non-hydrogen) atoms. The van der Waals surface area contributed by atoms with Crippen LogP contribution in [0, 0.1) is 5.41 Å². The molecule has 1 amide bonds. The van der Waals surface area contributed by atoms with Gasteiger partial charge in [0, 0.05) is 12.2 Å². The molecule has 3 aromatic carbocycles. The Labute approximate surface area is 246 Å². The van der Waals surface area contributed by atoms with Crippen LogP contribution in [0.25, 0.3) is 0 Å². The highest BCUT2D eigenvalue weighted by atomic mass is 19.4. The van der Waals surface area contributed by atoms with Crippen LogP contribution >= 0.6 is 0 Å². The minimum atomic E-state index is -5.39. The largest absolute Gasteiger partial charge is 0.491 e. The second-order valence-electron chi connectivity index (χ2n) is 8.83. The molecule has 0 fully saturated rings. The zero-order valence-electron chi connectivity index (χ0n) is 22.4. The van der Waals surface area contributed by atoms with Crippen molar-refractivity contribution < 1.29 is 56.5 Å². The van der Waals surface area contributed by atoms with Crippen molar-refractivity contribution in [1.82, 2.24) is 4.90 Å². The van der Waals surface area contributed by atoms with E-state index >= 15 is 0 Å². The fourth-order valence-corrected chi connectivity index (χ4v) is 3.47. The second-order valence-corrected chi connectivity index (χ2v) is 8.83. The number of nitrogens with one attached hydrogen (secondary N) is 2. The first-order valence-corrected chi connectivity index (χ1v) is 12.3. The van der Waals surface area contributed by atoms with Gasteiger partial charge in [-0.15, -0.1) is 0 Å². The number of halogens is 3. The van der Waals surface area contributed by atoms with E-state index < -0.39 is 54.8 Å². The molecule has 0 aliphatic rings. The summed E-state index contributed by atoms with van der Waals surface area (Å²) in [5.74, 6) is -6.43. The van der Waals surface area contributed by atoms with Crippen LogP contribution in [-0.2, 0) is 32.2 Å². The van der Waals surface area contributed by atoms with E-state index in [1.165, 1.54) is 60.7 Å². The third-order valence-electron chi connectivity index (χ3n) is 5.43. The molecule has 5 N–H and O–H groups in total. The molecular weight excluding hydrogens is 593 g/mol. The number of nitrogens with two attached hydrogens (primary N) is 1. The SMILES string of the molecule is N=C(N)Nc1ccc(C(=O)Oc2ccc(COC(=O)N(CC(=O)O)Cc3cccc(C(=O)OC(=O)C(F)(F)F)c3)cc2)cc1. The molecule has 0 aliphatic carbocycles. The van der Waals surface area contributed by atoms with Gasteiger partial charge in [-0.25, -0.2) is 19.2 Å². The fourth-order valence-electron chi connectivity index (χ4n) is 3.47. The number of benzene rings is 3. The molecule has 0 spiro atoms. The number of hydrogen-bond acceptors (Lipinski definition) is 9. The monoisotopic (exact) mass is 616 g/mol. The van der Waals surface area contributed by atoms with Crippen LogP contribution in [0.4, 0.5) is 23.7 Å². The standard InChI is InChI=1S/C28H23F3N4O9/c29-28(30,31)25(40)44-24(39)19-3-1-2-17(12-19)13-35(14-22(36)37)27(41)42-15-16-4-10-21(11-5-16)43-23(38)18-6-8-20(9-7-18)34-26(32)33/h1-12H,13-15H2,(H,36,37)(H4,32,33,34). The van der Waals surface area contributed by atoms with Crippen molar-refractivity contribution in [2.24, 2.45) is 5.73 Å². The summed E-state index contributed by atoms with van der Waals surface area (Å²) in [7, 11) is 0. The van der Waals surface area contributed by atoms with Gasteiger partial charge < -0.3 is 30.4 Å². The highest BCUT2D eigenvalue weighted by molar-refractivity contribution is 5.98. The smallest absolute Gasteiger partial charge is 0.480 e. The van der Waals surface area contributed by atoms with Crippen molar-refractivity contribution in [1.29, 1.82) is 5.41 Å². The molecule has 13 nitrogen and oxygen atoms in total. The Balaban J connectivity index is 1.59. The highest BCUT2D eigenvalue weighted by Gasteiger charge is 2.42. The lowest BCUT2D eigenvalue weighted by molar-refractivity contribution is -0.193. The molecule has 0 aliphatic heterocycles. The summed E-state index contributed by atoms with van der Waals surface area (Å²) in [4.78, 5) is 60.0. The quantitative estimate of drug-likeness (QED) is 0.0852. The van der Waals surface area contributed by atoms with Crippen LogP contribution in [0.1, 0.15) is 31.8 Å². The van der Waals surface area contributed by atoms with E-state index in [-0.39, 0.29) is 29.4 Å². The second kappa shape index (κ2) is 14.3. The summed E-state index contributed by atoms with van der Waals surface area (Å²) in [6.07, 6.45) is -6.45. The lowest BCUT2D eigenvalue weighted by Crippen LogP contribution is -2.35. The predicted octanol–water partition coefficient (Wildman–Crippen LogP) is 3.68. The fraction of sp³-hybridized carbons (Fsp3) is 0.143. The average Bonchev–Trinajstić information content (AvgIpc) is 2.95. The Bertz CT molecular complexity index is 1560. The van der Waals surface area contributed by atoms with E-state index in [9.17, 15) is 42.3 Å². The molecule has 0 saturated heterocycles. The Kier molecular flexibility index (Phi) is 10.6. The zero-order chi connectivity index (χ0) is 32.4. The van der Waals surface area contributed by atoms with E-state index in [4.69, 9.17) is 20.6 Å². The van der Waals surface area contributed by atoms with Crippen LogP contribution in [0.15, 0.2) is 72.8 Å². The summed E-state index contributed by atoms with van der Waals surface area (Å²) in [5.41, 5.74) is 6.13. The number of hydrogen-bond donors (Lipinski definition) is 4. The molecular formula is C28H23F3N4O9. The first-order chi connectivity index (χ1) is 20.7. The van der Waals surface area contributed by atoms with Crippen LogP contribution in [0.2, 0.25) is 0 Å². The number of carboxylic acid groups (broad SMARTS) is 1. The number of anilines is 1. The number of rotatable bonds is 10. The van der Waals surface area contributed by atoms with Gasteiger partial charge >= 0.3 is 36.1 Å². The summed E-state index contributed by atoms with van der Waals surface area (Å²) < 4.78 is 51.4. The van der Waals surface area contributed by atoms with Gasteiger partial charge in [-0.2, -0.15) is 13.2 Å². The summed E-state index contributed by atoms with van der Waals surface area (Å²) in [6, 6.07) is 16.6. The van der Waals surface area contributed by atoms with Gasteiger partial charge in [-0.3, -0.25) is 15.1 Å². The first kappa shape index (κ1) is 32.6. The van der Waals surface area contributed by atoms with Crippen LogP contribution in [0.5, 0.6) is 5.75 Å². The molecule has 3 aromatic rings. The maximum Gasteiger partial charge on any atom is 0.491 e. The van der Waals surface area contributed by atoms with Crippen LogP contribution in [0.3, 0.4) is 0 Å². The number of esters is 3. The molecule has 0 heterocycles. The molecule has 0 aromatic heterocycles. The lowest BCUT2D eigenvalue weighted by atomic mass is 10.1. The van der Waals surface area contributed by atoms with Gasteiger partial charge in [0.1, 0.15) is 18.9 Å². The molecule has 3 rings (SSSR count). The number of carbonyl (C=O) groups excluding carboxylic acids is 4. The summed E-state index contributed by atoms with van der Waals surface area (Å²) in [6.45, 7) is -1.54. The van der Waals surface area contributed by atoms with E-state index in [2.05, 4.69) is 10.1 Å². The number of aliphatic carboxylic acids is 1. The molecule has 0 saturated carbocycles. The number of alkyl halides is 3. The number of carboxylic acids is 1. The normalized spacial score (nSPS) is 10.7. The van der Waals surface area contributed by atoms with E-state index in [1.54, 1.807) is 0 Å². The Morgan fingerprint density at radius 2 is 1.55 bits per heavy atom. The molecule has 0 unspecified atom stereocenters. The van der Waals surface area contributed by atoms with Crippen molar-refractivity contribution in [3.05, 3.63) is 95.1 Å². The van der Waals surface area contributed by atoms with Crippen LogP contribution < -0.4 is 15.8 Å². The van der Waals surface area contributed by atoms with Gasteiger partial charge in [0.15, 0.2) is 5.96 Å². The van der Waals surface area contributed by atoms with E-state index in [1.807, 2.05) is 0 Å². The molecule has 0 atom stereocenters. The minimum absolute atomic E-state index is 0.132. The number of nitrogens with zero attached hydrogens (tertiary/aromatic N) is 1. The molecule has 0 bridgehead atoms. The highest BCUT2D eigenvalue weighted by Crippen LogP contribution is 2.19. The Morgan fingerprint density at radius 3 is 2.14 bits per heavy atom. The van der Waals surface area contributed by atoms with Gasteiger partial charge in [0.05, 0.1) is 11.1 Å². The minimum Gasteiger partial charge on any atom is -0.480 e. The molecule has 0 radical (unpaired) electrons. The van der Waals surface area contributed by atoms with Gasteiger partial charge in [0.25, 0.3) is 0 Å². The summed E-state index contributed by atoms with van der Waals surface area (Å²) >= 11 is 0. The van der Waals surface area contributed by atoms with Gasteiger partial charge in [0.2, 0.25) is 0 Å².